The molecule has 0 aliphatic heterocycles. The predicted octanol–water partition coefficient (Wildman–Crippen LogP) is 2.19. The van der Waals surface area contributed by atoms with Gasteiger partial charge in [0.05, 0.1) is 32.2 Å². The second-order valence-electron chi connectivity index (χ2n) is 6.07. The van der Waals surface area contributed by atoms with Crippen molar-refractivity contribution in [1.29, 1.82) is 0 Å². The second kappa shape index (κ2) is 8.99. The summed E-state index contributed by atoms with van der Waals surface area (Å²) in [6.45, 7) is 2.24. The minimum atomic E-state index is -0.780. The van der Waals surface area contributed by atoms with Gasteiger partial charge in [0.1, 0.15) is 11.3 Å². The minimum Gasteiger partial charge on any atom is -0.493 e. The summed E-state index contributed by atoms with van der Waals surface area (Å²) in [6.07, 6.45) is 1.08. The normalized spacial score (nSPS) is 10.4. The van der Waals surface area contributed by atoms with E-state index in [0.29, 0.717) is 29.5 Å². The Labute approximate surface area is 171 Å². The molecule has 9 heteroatoms. The number of hydrogen-bond acceptors (Lipinski definition) is 6. The number of nitrogens with one attached hydrogen (secondary N) is 2. The fourth-order valence-electron chi connectivity index (χ4n) is 2.87. The Bertz CT molecular complexity index is 1180. The lowest BCUT2D eigenvalue weighted by Crippen LogP contribution is -2.38. The third-order valence-electron chi connectivity index (χ3n) is 4.28. The fraction of sp³-hybridized carbons (Fsp3) is 0.190. The predicted molar refractivity (Wildman–Crippen MR) is 111 cm³/mol. The quantitative estimate of drug-likeness (QED) is 0.617. The van der Waals surface area contributed by atoms with Crippen LogP contribution in [0.25, 0.3) is 5.69 Å². The highest BCUT2D eigenvalue weighted by Gasteiger charge is 2.18. The van der Waals surface area contributed by atoms with Crippen molar-refractivity contribution < 1.29 is 19.0 Å². The number of carbonyl (C=O) groups excluding carboxylic acids is 1. The van der Waals surface area contributed by atoms with Crippen LogP contribution >= 0.6 is 0 Å². The zero-order chi connectivity index (χ0) is 21.7. The molecular formula is C21H21N3O6. The molecule has 9 nitrogen and oxygen atoms in total. The molecule has 3 aromatic rings. The summed E-state index contributed by atoms with van der Waals surface area (Å²) in [6, 6.07) is 11.4. The number of rotatable bonds is 7. The Balaban J connectivity index is 2.02. The number of amides is 1. The molecule has 2 N–H and O–H groups in total. The lowest BCUT2D eigenvalue weighted by molar-refractivity contribution is 0.102. The van der Waals surface area contributed by atoms with Crippen LogP contribution in [0.5, 0.6) is 17.2 Å². The second-order valence-corrected chi connectivity index (χ2v) is 6.07. The largest absolute Gasteiger partial charge is 0.493 e. The molecule has 0 aliphatic rings. The number of anilines is 1. The molecule has 0 aliphatic carbocycles. The highest BCUT2D eigenvalue weighted by Crippen LogP contribution is 2.28. The highest BCUT2D eigenvalue weighted by molar-refractivity contribution is 6.04. The van der Waals surface area contributed by atoms with Crippen LogP contribution in [0.4, 0.5) is 5.69 Å². The maximum atomic E-state index is 13.0. The van der Waals surface area contributed by atoms with Crippen molar-refractivity contribution in [2.24, 2.45) is 0 Å². The van der Waals surface area contributed by atoms with Crippen molar-refractivity contribution in [2.75, 3.05) is 26.1 Å². The zero-order valence-corrected chi connectivity index (χ0v) is 16.7. The van der Waals surface area contributed by atoms with Gasteiger partial charge in [-0.25, -0.2) is 9.36 Å². The van der Waals surface area contributed by atoms with Gasteiger partial charge in [0.15, 0.2) is 11.5 Å². The monoisotopic (exact) mass is 411 g/mol. The van der Waals surface area contributed by atoms with Gasteiger partial charge in [-0.2, -0.15) is 0 Å². The van der Waals surface area contributed by atoms with Crippen LogP contribution in [0.2, 0.25) is 0 Å². The lowest BCUT2D eigenvalue weighted by Gasteiger charge is -2.13. The molecule has 156 valence electrons. The van der Waals surface area contributed by atoms with Crippen molar-refractivity contribution in [2.45, 2.75) is 6.92 Å². The van der Waals surface area contributed by atoms with E-state index in [1.54, 1.807) is 30.3 Å². The molecule has 0 saturated carbocycles. The molecule has 0 fully saturated rings. The van der Waals surface area contributed by atoms with Crippen molar-refractivity contribution in [3.05, 3.63) is 75.1 Å². The van der Waals surface area contributed by atoms with E-state index in [1.165, 1.54) is 26.4 Å². The molecule has 0 unspecified atom stereocenters. The maximum absolute atomic E-state index is 13.0. The Hall–Kier alpha value is -4.01. The Morgan fingerprint density at radius 3 is 2.47 bits per heavy atom. The number of methoxy groups -OCH3 is 2. The van der Waals surface area contributed by atoms with E-state index in [9.17, 15) is 14.4 Å². The van der Waals surface area contributed by atoms with Crippen molar-refractivity contribution in [1.82, 2.24) is 9.55 Å². The van der Waals surface area contributed by atoms with Crippen LogP contribution in [-0.4, -0.2) is 36.3 Å². The molecule has 30 heavy (non-hydrogen) atoms. The third-order valence-corrected chi connectivity index (χ3v) is 4.28. The molecule has 0 spiro atoms. The van der Waals surface area contributed by atoms with Gasteiger partial charge in [0, 0.05) is 12.3 Å². The molecule has 2 aromatic carbocycles. The van der Waals surface area contributed by atoms with Gasteiger partial charge >= 0.3 is 5.69 Å². The number of H-pyrrole nitrogens is 1. The summed E-state index contributed by atoms with van der Waals surface area (Å²) in [5.41, 5.74) is -1.08. The molecule has 1 aromatic heterocycles. The number of ether oxygens (including phenoxy) is 3. The average Bonchev–Trinajstić information content (AvgIpc) is 2.75. The summed E-state index contributed by atoms with van der Waals surface area (Å²) < 4.78 is 16.7. The molecule has 0 atom stereocenters. The zero-order valence-electron chi connectivity index (χ0n) is 16.7. The first kappa shape index (κ1) is 20.7. The Morgan fingerprint density at radius 1 is 1.03 bits per heavy atom. The molecular weight excluding hydrogens is 390 g/mol. The first-order valence-electron chi connectivity index (χ1n) is 9.10. The number of para-hydroxylation sites is 2. The summed E-state index contributed by atoms with van der Waals surface area (Å²) in [5, 5.41) is 2.65. The topological polar surface area (TPSA) is 112 Å². The van der Waals surface area contributed by atoms with Gasteiger partial charge in [-0.3, -0.25) is 9.59 Å². The highest BCUT2D eigenvalue weighted by atomic mass is 16.5. The fourth-order valence-corrected chi connectivity index (χ4v) is 2.87. The molecule has 1 heterocycles. The van der Waals surface area contributed by atoms with Gasteiger partial charge in [0.2, 0.25) is 0 Å². The van der Waals surface area contributed by atoms with E-state index >= 15 is 0 Å². The average molecular weight is 411 g/mol. The van der Waals surface area contributed by atoms with Crippen molar-refractivity contribution in [3.8, 4) is 22.9 Å². The van der Waals surface area contributed by atoms with Crippen LogP contribution in [-0.2, 0) is 0 Å². The summed E-state index contributed by atoms with van der Waals surface area (Å²) >= 11 is 0. The van der Waals surface area contributed by atoms with E-state index in [2.05, 4.69) is 10.3 Å². The number of benzene rings is 2. The molecule has 0 radical (unpaired) electrons. The summed E-state index contributed by atoms with van der Waals surface area (Å²) in [4.78, 5) is 40.5. The van der Waals surface area contributed by atoms with E-state index in [1.807, 2.05) is 6.92 Å². The minimum absolute atomic E-state index is 0.225. The van der Waals surface area contributed by atoms with E-state index in [4.69, 9.17) is 14.2 Å². The smallest absolute Gasteiger partial charge is 0.333 e. The molecule has 0 saturated heterocycles. The van der Waals surface area contributed by atoms with Crippen LogP contribution in [0.1, 0.15) is 17.3 Å². The maximum Gasteiger partial charge on any atom is 0.333 e. The van der Waals surface area contributed by atoms with Crippen LogP contribution in [0.3, 0.4) is 0 Å². The summed E-state index contributed by atoms with van der Waals surface area (Å²) in [5.74, 6) is 0.560. The summed E-state index contributed by atoms with van der Waals surface area (Å²) in [7, 11) is 2.91. The van der Waals surface area contributed by atoms with E-state index in [0.717, 1.165) is 10.8 Å². The van der Waals surface area contributed by atoms with Gasteiger partial charge < -0.3 is 24.5 Å². The lowest BCUT2D eigenvalue weighted by atomic mass is 10.2. The third kappa shape index (κ3) is 4.04. The van der Waals surface area contributed by atoms with Crippen LogP contribution < -0.4 is 30.8 Å². The first-order valence-corrected chi connectivity index (χ1v) is 9.10. The number of aromatic nitrogens is 2. The Morgan fingerprint density at radius 2 is 1.77 bits per heavy atom. The van der Waals surface area contributed by atoms with Crippen LogP contribution in [0, 0.1) is 0 Å². The van der Waals surface area contributed by atoms with Crippen molar-refractivity contribution >= 4 is 11.6 Å². The standard InChI is InChI=1S/C21H21N3O6/c1-4-30-16-8-6-5-7-15(16)23-19(25)14-12-22-21(27)24(20(14)26)13-9-10-17(28-2)18(11-13)29-3/h5-12H,4H2,1-3H3,(H,22,27)(H,23,25). The van der Waals surface area contributed by atoms with E-state index in [-0.39, 0.29) is 11.3 Å². The van der Waals surface area contributed by atoms with Gasteiger partial charge in [-0.15, -0.1) is 0 Å². The van der Waals surface area contributed by atoms with Gasteiger partial charge in [0.25, 0.3) is 11.5 Å². The first-order chi connectivity index (χ1) is 14.5. The van der Waals surface area contributed by atoms with Crippen molar-refractivity contribution in [3.63, 3.8) is 0 Å². The van der Waals surface area contributed by atoms with Gasteiger partial charge in [-0.1, -0.05) is 12.1 Å². The molecule has 0 bridgehead atoms. The molecule has 1 amide bonds. The SMILES string of the molecule is CCOc1ccccc1NC(=O)c1c[nH]c(=O)n(-c2ccc(OC)c(OC)c2)c1=O. The number of hydrogen-bond donors (Lipinski definition) is 2. The number of nitrogens with zero attached hydrogens (tertiary/aromatic N) is 1. The number of aromatic amines is 1. The number of carbonyl (C=O) groups is 1. The molecule has 3 rings (SSSR count). The van der Waals surface area contributed by atoms with Gasteiger partial charge in [-0.05, 0) is 31.2 Å². The van der Waals surface area contributed by atoms with E-state index < -0.39 is 17.2 Å². The van der Waals surface area contributed by atoms with Crippen LogP contribution in [0.15, 0.2) is 58.3 Å². The Kier molecular flexibility index (Phi) is 6.21.